The SMILES string of the molecule is C=CCN(CC=C)[C@H](/C=C/c1ccccc1)[C@H](Cc1ccccc1)NC(=O)OC(C)(C)C. The van der Waals surface area contributed by atoms with E-state index in [0.717, 1.165) is 11.1 Å². The highest BCUT2D eigenvalue weighted by molar-refractivity contribution is 5.68. The minimum Gasteiger partial charge on any atom is -0.444 e. The van der Waals surface area contributed by atoms with E-state index in [1.54, 1.807) is 0 Å². The van der Waals surface area contributed by atoms with E-state index in [1.165, 1.54) is 0 Å². The summed E-state index contributed by atoms with van der Waals surface area (Å²) in [5, 5.41) is 3.13. The molecule has 4 heteroatoms. The van der Waals surface area contributed by atoms with Gasteiger partial charge in [-0.2, -0.15) is 0 Å². The Morgan fingerprint density at radius 2 is 1.56 bits per heavy atom. The molecule has 4 nitrogen and oxygen atoms in total. The maximum Gasteiger partial charge on any atom is 0.407 e. The van der Waals surface area contributed by atoms with Crippen LogP contribution in [0.1, 0.15) is 31.9 Å². The molecular formula is C28H36N2O2. The van der Waals surface area contributed by atoms with E-state index >= 15 is 0 Å². The Morgan fingerprint density at radius 3 is 2.09 bits per heavy atom. The highest BCUT2D eigenvalue weighted by Gasteiger charge is 2.28. The van der Waals surface area contributed by atoms with Crippen LogP contribution >= 0.6 is 0 Å². The van der Waals surface area contributed by atoms with Gasteiger partial charge >= 0.3 is 6.09 Å². The van der Waals surface area contributed by atoms with Gasteiger partial charge in [0.15, 0.2) is 0 Å². The number of carbonyl (C=O) groups excluding carboxylic acids is 1. The van der Waals surface area contributed by atoms with Crippen molar-refractivity contribution < 1.29 is 9.53 Å². The second-order valence-electron chi connectivity index (χ2n) is 8.73. The van der Waals surface area contributed by atoms with Gasteiger partial charge in [0.25, 0.3) is 0 Å². The van der Waals surface area contributed by atoms with Crippen molar-refractivity contribution in [1.82, 2.24) is 10.2 Å². The van der Waals surface area contributed by atoms with Crippen LogP contribution in [0.25, 0.3) is 6.08 Å². The molecule has 0 aliphatic rings. The average molecular weight is 433 g/mol. The first kappa shape index (κ1) is 25.2. The Morgan fingerprint density at radius 1 is 1.00 bits per heavy atom. The maximum atomic E-state index is 12.8. The van der Waals surface area contributed by atoms with Crippen molar-refractivity contribution in [1.29, 1.82) is 0 Å². The van der Waals surface area contributed by atoms with Gasteiger partial charge in [-0.3, -0.25) is 4.90 Å². The molecule has 2 aromatic rings. The predicted octanol–water partition coefficient (Wildman–Crippen LogP) is 5.88. The Balaban J connectivity index is 2.41. The van der Waals surface area contributed by atoms with Crippen LogP contribution in [0.5, 0.6) is 0 Å². The molecule has 0 aliphatic carbocycles. The lowest BCUT2D eigenvalue weighted by Gasteiger charge is -2.35. The van der Waals surface area contributed by atoms with E-state index in [0.29, 0.717) is 19.5 Å². The molecule has 0 unspecified atom stereocenters. The molecule has 0 heterocycles. The minimum absolute atomic E-state index is 0.0982. The van der Waals surface area contributed by atoms with Crippen molar-refractivity contribution in [3.63, 3.8) is 0 Å². The summed E-state index contributed by atoms with van der Waals surface area (Å²) < 4.78 is 5.59. The zero-order valence-corrected chi connectivity index (χ0v) is 19.5. The van der Waals surface area contributed by atoms with Crippen LogP contribution in [0.2, 0.25) is 0 Å². The number of rotatable bonds is 11. The molecule has 1 amide bonds. The van der Waals surface area contributed by atoms with Gasteiger partial charge < -0.3 is 10.1 Å². The fourth-order valence-electron chi connectivity index (χ4n) is 3.52. The molecule has 0 bridgehead atoms. The number of alkyl carbamates (subject to hydrolysis) is 1. The monoisotopic (exact) mass is 432 g/mol. The van der Waals surface area contributed by atoms with Crippen LogP contribution in [-0.4, -0.2) is 41.8 Å². The predicted molar refractivity (Wildman–Crippen MR) is 135 cm³/mol. The van der Waals surface area contributed by atoms with Gasteiger partial charge in [-0.25, -0.2) is 4.79 Å². The Kier molecular flexibility index (Phi) is 9.96. The average Bonchev–Trinajstić information content (AvgIpc) is 2.74. The normalized spacial score (nSPS) is 13.5. The van der Waals surface area contributed by atoms with Crippen molar-refractivity contribution in [3.8, 4) is 0 Å². The zero-order valence-electron chi connectivity index (χ0n) is 19.5. The lowest BCUT2D eigenvalue weighted by atomic mass is 9.96. The van der Waals surface area contributed by atoms with Gasteiger partial charge in [-0.05, 0) is 38.3 Å². The first-order valence-electron chi connectivity index (χ1n) is 11.0. The summed E-state index contributed by atoms with van der Waals surface area (Å²) in [6.07, 6.45) is 8.23. The minimum atomic E-state index is -0.571. The summed E-state index contributed by atoms with van der Waals surface area (Å²) >= 11 is 0. The highest BCUT2D eigenvalue weighted by Crippen LogP contribution is 2.17. The van der Waals surface area contributed by atoms with Gasteiger partial charge in [-0.1, -0.05) is 85.0 Å². The van der Waals surface area contributed by atoms with Crippen LogP contribution in [0.15, 0.2) is 92.0 Å². The molecule has 0 radical (unpaired) electrons. The molecule has 32 heavy (non-hydrogen) atoms. The Bertz CT molecular complexity index is 859. The Hall–Kier alpha value is -3.11. The van der Waals surface area contributed by atoms with Crippen LogP contribution < -0.4 is 5.32 Å². The molecule has 2 atom stereocenters. The third kappa shape index (κ3) is 8.94. The zero-order chi connectivity index (χ0) is 23.4. The van der Waals surface area contributed by atoms with Crippen molar-refractivity contribution in [2.45, 2.75) is 44.9 Å². The van der Waals surface area contributed by atoms with E-state index in [9.17, 15) is 4.79 Å². The molecule has 0 saturated carbocycles. The lowest BCUT2D eigenvalue weighted by molar-refractivity contribution is 0.0479. The summed E-state index contributed by atoms with van der Waals surface area (Å²) in [6.45, 7) is 14.8. The molecule has 0 fully saturated rings. The standard InChI is InChI=1S/C28H36N2O2/c1-6-20-30(21-7-2)26(19-18-23-14-10-8-11-15-23)25(22-24-16-12-9-13-17-24)29-27(31)32-28(3,4)5/h6-19,25-26H,1-2,20-22H2,3-5H3,(H,29,31)/b19-18+/t25-,26+/m0/s1. The van der Waals surface area contributed by atoms with Crippen LogP contribution in [0, 0.1) is 0 Å². The smallest absolute Gasteiger partial charge is 0.407 e. The second kappa shape index (κ2) is 12.7. The molecule has 0 spiro atoms. The summed E-state index contributed by atoms with van der Waals surface area (Å²) in [7, 11) is 0. The van der Waals surface area contributed by atoms with Crippen LogP contribution in [0.4, 0.5) is 4.79 Å². The van der Waals surface area contributed by atoms with E-state index < -0.39 is 11.7 Å². The number of benzene rings is 2. The second-order valence-corrected chi connectivity index (χ2v) is 8.73. The maximum absolute atomic E-state index is 12.8. The van der Waals surface area contributed by atoms with Crippen LogP contribution in [0.3, 0.4) is 0 Å². The number of hydrogen-bond acceptors (Lipinski definition) is 3. The number of nitrogens with zero attached hydrogens (tertiary/aromatic N) is 1. The fraction of sp³-hybridized carbons (Fsp3) is 0.321. The van der Waals surface area contributed by atoms with Gasteiger partial charge in [-0.15, -0.1) is 13.2 Å². The molecule has 2 rings (SSSR count). The summed E-state index contributed by atoms with van der Waals surface area (Å²) in [4.78, 5) is 15.0. The van der Waals surface area contributed by atoms with Gasteiger partial charge in [0.2, 0.25) is 0 Å². The summed E-state index contributed by atoms with van der Waals surface area (Å²) in [5.74, 6) is 0. The molecule has 1 N–H and O–H groups in total. The van der Waals surface area contributed by atoms with Gasteiger partial charge in [0, 0.05) is 19.1 Å². The van der Waals surface area contributed by atoms with Gasteiger partial charge in [0.1, 0.15) is 5.60 Å². The summed E-state index contributed by atoms with van der Waals surface area (Å²) in [5.41, 5.74) is 1.67. The highest BCUT2D eigenvalue weighted by atomic mass is 16.6. The number of carbonyl (C=O) groups is 1. The quantitative estimate of drug-likeness (QED) is 0.451. The van der Waals surface area contributed by atoms with Crippen molar-refractivity contribution in [3.05, 3.63) is 103 Å². The molecular weight excluding hydrogens is 396 g/mol. The summed E-state index contributed by atoms with van der Waals surface area (Å²) in [6, 6.07) is 20.0. The number of ether oxygens (including phenoxy) is 1. The molecule has 0 aromatic heterocycles. The van der Waals surface area contributed by atoms with Crippen molar-refractivity contribution >= 4 is 12.2 Å². The first-order chi connectivity index (χ1) is 15.3. The van der Waals surface area contributed by atoms with E-state index in [1.807, 2.05) is 69.3 Å². The largest absolute Gasteiger partial charge is 0.444 e. The number of nitrogens with one attached hydrogen (secondary N) is 1. The van der Waals surface area contributed by atoms with Crippen molar-refractivity contribution in [2.24, 2.45) is 0 Å². The molecule has 0 saturated heterocycles. The molecule has 0 aliphatic heterocycles. The third-order valence-electron chi connectivity index (χ3n) is 4.85. The third-order valence-corrected chi connectivity index (χ3v) is 4.85. The van der Waals surface area contributed by atoms with E-state index in [2.05, 4.69) is 59.8 Å². The van der Waals surface area contributed by atoms with Crippen molar-refractivity contribution in [2.75, 3.05) is 13.1 Å². The molecule has 2 aromatic carbocycles. The van der Waals surface area contributed by atoms with E-state index in [4.69, 9.17) is 4.74 Å². The Labute approximate surface area is 193 Å². The first-order valence-corrected chi connectivity index (χ1v) is 11.0. The van der Waals surface area contributed by atoms with E-state index in [-0.39, 0.29) is 12.1 Å². The number of amides is 1. The molecule has 170 valence electrons. The topological polar surface area (TPSA) is 41.6 Å². The van der Waals surface area contributed by atoms with Gasteiger partial charge in [0.05, 0.1) is 6.04 Å². The fourth-order valence-corrected chi connectivity index (χ4v) is 3.52. The lowest BCUT2D eigenvalue weighted by Crippen LogP contribution is -2.53. The number of hydrogen-bond donors (Lipinski definition) is 1. The van der Waals surface area contributed by atoms with Crippen LogP contribution in [-0.2, 0) is 11.2 Å².